The molecule has 0 N–H and O–H groups in total. The summed E-state index contributed by atoms with van der Waals surface area (Å²) in [5.74, 6) is 0. The van der Waals surface area contributed by atoms with Crippen molar-refractivity contribution < 1.29 is 0 Å². The van der Waals surface area contributed by atoms with E-state index in [9.17, 15) is 0 Å². The predicted octanol–water partition coefficient (Wildman–Crippen LogP) is 2.61. The second-order valence-corrected chi connectivity index (χ2v) is 3.16. The molecule has 3 heteroatoms. The SMILES string of the molecule is C=CCN1C=CN(CC=C)C1CC.Cl. The molecule has 0 unspecified atom stereocenters. The first-order valence-corrected chi connectivity index (χ1v) is 4.75. The van der Waals surface area contributed by atoms with E-state index >= 15 is 0 Å². The van der Waals surface area contributed by atoms with Gasteiger partial charge in [-0.15, -0.1) is 25.6 Å². The van der Waals surface area contributed by atoms with E-state index in [1.165, 1.54) is 0 Å². The zero-order chi connectivity index (χ0) is 9.68. The van der Waals surface area contributed by atoms with Gasteiger partial charge in [-0.2, -0.15) is 0 Å². The first-order chi connectivity index (χ1) is 6.33. The molecule has 14 heavy (non-hydrogen) atoms. The third-order valence-electron chi connectivity index (χ3n) is 2.26. The van der Waals surface area contributed by atoms with Crippen LogP contribution in [0.2, 0.25) is 0 Å². The van der Waals surface area contributed by atoms with Crippen LogP contribution in [0.4, 0.5) is 0 Å². The van der Waals surface area contributed by atoms with Crippen LogP contribution in [-0.4, -0.2) is 29.1 Å². The van der Waals surface area contributed by atoms with Crippen LogP contribution < -0.4 is 0 Å². The van der Waals surface area contributed by atoms with Crippen molar-refractivity contribution in [2.45, 2.75) is 19.5 Å². The summed E-state index contributed by atoms with van der Waals surface area (Å²) in [6.45, 7) is 11.5. The molecule has 1 rings (SSSR count). The van der Waals surface area contributed by atoms with Gasteiger partial charge in [0.2, 0.25) is 0 Å². The van der Waals surface area contributed by atoms with Crippen molar-refractivity contribution in [3.8, 4) is 0 Å². The molecule has 0 aromatic carbocycles. The normalized spacial score (nSPS) is 15.5. The molecule has 0 amide bonds. The number of halogens is 1. The Labute approximate surface area is 93.0 Å². The van der Waals surface area contributed by atoms with Gasteiger partial charge >= 0.3 is 0 Å². The Morgan fingerprint density at radius 1 is 1.14 bits per heavy atom. The lowest BCUT2D eigenvalue weighted by molar-refractivity contribution is 0.171. The summed E-state index contributed by atoms with van der Waals surface area (Å²) in [6.07, 6.45) is 9.72. The second-order valence-electron chi connectivity index (χ2n) is 3.16. The van der Waals surface area contributed by atoms with Crippen LogP contribution in [0, 0.1) is 0 Å². The van der Waals surface area contributed by atoms with E-state index in [0.717, 1.165) is 19.5 Å². The molecule has 0 aromatic rings. The van der Waals surface area contributed by atoms with Gasteiger partial charge in [0, 0.05) is 25.5 Å². The molecule has 1 aliphatic rings. The molecule has 0 aromatic heterocycles. The zero-order valence-electron chi connectivity index (χ0n) is 8.72. The summed E-state index contributed by atoms with van der Waals surface area (Å²) in [6, 6.07) is 0. The fourth-order valence-corrected chi connectivity index (χ4v) is 1.69. The molecule has 2 nitrogen and oxygen atoms in total. The lowest BCUT2D eigenvalue weighted by atomic mass is 10.3. The van der Waals surface area contributed by atoms with Gasteiger partial charge in [-0.05, 0) is 6.42 Å². The van der Waals surface area contributed by atoms with E-state index in [4.69, 9.17) is 0 Å². The molecule has 0 bridgehead atoms. The summed E-state index contributed by atoms with van der Waals surface area (Å²) in [5, 5.41) is 0. The van der Waals surface area contributed by atoms with E-state index in [0.29, 0.717) is 6.17 Å². The molecule has 0 spiro atoms. The monoisotopic (exact) mass is 214 g/mol. The summed E-state index contributed by atoms with van der Waals surface area (Å²) < 4.78 is 0. The molecular formula is C11H19ClN2. The van der Waals surface area contributed by atoms with E-state index in [2.05, 4.69) is 42.3 Å². The van der Waals surface area contributed by atoms with Crippen molar-refractivity contribution >= 4 is 12.4 Å². The second kappa shape index (κ2) is 6.55. The minimum atomic E-state index is 0. The van der Waals surface area contributed by atoms with Gasteiger partial charge in [0.15, 0.2) is 0 Å². The van der Waals surface area contributed by atoms with E-state index in [1.807, 2.05) is 12.2 Å². The third kappa shape index (κ3) is 2.81. The maximum absolute atomic E-state index is 3.75. The van der Waals surface area contributed by atoms with Crippen molar-refractivity contribution in [3.05, 3.63) is 37.7 Å². The molecular weight excluding hydrogens is 196 g/mol. The lowest BCUT2D eigenvalue weighted by Gasteiger charge is -2.30. The summed E-state index contributed by atoms with van der Waals surface area (Å²) in [7, 11) is 0. The standard InChI is InChI=1S/C11H18N2.ClH/c1-4-7-12-9-10-13(8-5-2)11(12)6-3;/h4-5,9-11H,1-2,6-8H2,3H3;1H. The molecule has 0 radical (unpaired) electrons. The molecule has 0 aliphatic carbocycles. The fourth-order valence-electron chi connectivity index (χ4n) is 1.69. The van der Waals surface area contributed by atoms with Gasteiger partial charge in [0.05, 0.1) is 0 Å². The van der Waals surface area contributed by atoms with Gasteiger partial charge in [-0.3, -0.25) is 0 Å². The Balaban J connectivity index is 0.00000169. The predicted molar refractivity (Wildman–Crippen MR) is 64.3 cm³/mol. The molecule has 0 saturated heterocycles. The van der Waals surface area contributed by atoms with Crippen molar-refractivity contribution in [3.63, 3.8) is 0 Å². The summed E-state index contributed by atoms with van der Waals surface area (Å²) >= 11 is 0. The summed E-state index contributed by atoms with van der Waals surface area (Å²) in [5.41, 5.74) is 0. The average molecular weight is 215 g/mol. The smallest absolute Gasteiger partial charge is 0.101 e. The van der Waals surface area contributed by atoms with Gasteiger partial charge in [-0.25, -0.2) is 0 Å². The molecule has 1 aliphatic heterocycles. The minimum Gasteiger partial charge on any atom is -0.352 e. The van der Waals surface area contributed by atoms with Crippen molar-refractivity contribution in [2.75, 3.05) is 13.1 Å². The number of rotatable bonds is 5. The molecule has 0 atom stereocenters. The van der Waals surface area contributed by atoms with Crippen LogP contribution >= 0.6 is 12.4 Å². The van der Waals surface area contributed by atoms with Gasteiger partial charge in [-0.1, -0.05) is 19.1 Å². The van der Waals surface area contributed by atoms with Crippen LogP contribution in [-0.2, 0) is 0 Å². The number of hydrogen-bond acceptors (Lipinski definition) is 2. The Hall–Kier alpha value is -0.890. The Morgan fingerprint density at radius 2 is 1.57 bits per heavy atom. The van der Waals surface area contributed by atoms with Crippen LogP contribution in [0.1, 0.15) is 13.3 Å². The minimum absolute atomic E-state index is 0. The fraction of sp³-hybridized carbons (Fsp3) is 0.455. The Bertz CT molecular complexity index is 193. The van der Waals surface area contributed by atoms with E-state index in [1.54, 1.807) is 0 Å². The average Bonchev–Trinajstić information content (AvgIpc) is 2.49. The highest BCUT2D eigenvalue weighted by atomic mass is 35.5. The highest BCUT2D eigenvalue weighted by Crippen LogP contribution is 2.17. The molecule has 80 valence electrons. The zero-order valence-corrected chi connectivity index (χ0v) is 9.54. The topological polar surface area (TPSA) is 6.48 Å². The van der Waals surface area contributed by atoms with E-state index in [-0.39, 0.29) is 12.4 Å². The highest BCUT2D eigenvalue weighted by molar-refractivity contribution is 5.85. The van der Waals surface area contributed by atoms with Gasteiger partial charge < -0.3 is 9.80 Å². The van der Waals surface area contributed by atoms with Crippen LogP contribution in [0.25, 0.3) is 0 Å². The number of nitrogens with zero attached hydrogens (tertiary/aromatic N) is 2. The van der Waals surface area contributed by atoms with Gasteiger partial charge in [0.1, 0.15) is 6.17 Å². The van der Waals surface area contributed by atoms with Crippen LogP contribution in [0.5, 0.6) is 0 Å². The number of hydrogen-bond donors (Lipinski definition) is 0. The van der Waals surface area contributed by atoms with Crippen molar-refractivity contribution in [1.29, 1.82) is 0 Å². The van der Waals surface area contributed by atoms with Crippen molar-refractivity contribution in [1.82, 2.24) is 9.80 Å². The third-order valence-corrected chi connectivity index (χ3v) is 2.26. The van der Waals surface area contributed by atoms with Crippen molar-refractivity contribution in [2.24, 2.45) is 0 Å². The maximum atomic E-state index is 3.75. The first kappa shape index (κ1) is 13.1. The molecule has 0 fully saturated rings. The Kier molecular flexibility index (Phi) is 6.13. The summed E-state index contributed by atoms with van der Waals surface area (Å²) in [4.78, 5) is 4.58. The maximum Gasteiger partial charge on any atom is 0.101 e. The van der Waals surface area contributed by atoms with E-state index < -0.39 is 0 Å². The van der Waals surface area contributed by atoms with Crippen LogP contribution in [0.3, 0.4) is 0 Å². The lowest BCUT2D eigenvalue weighted by Crippen LogP contribution is -2.38. The van der Waals surface area contributed by atoms with Gasteiger partial charge in [0.25, 0.3) is 0 Å². The molecule has 1 heterocycles. The van der Waals surface area contributed by atoms with Crippen LogP contribution in [0.15, 0.2) is 37.7 Å². The molecule has 0 saturated carbocycles. The first-order valence-electron chi connectivity index (χ1n) is 4.75. The quantitative estimate of drug-likeness (QED) is 0.650. The largest absolute Gasteiger partial charge is 0.352 e. The highest BCUT2D eigenvalue weighted by Gasteiger charge is 2.21. The Morgan fingerprint density at radius 3 is 1.86 bits per heavy atom.